The highest BCUT2D eigenvalue weighted by Gasteiger charge is 2.19. The fourth-order valence-corrected chi connectivity index (χ4v) is 3.26. The summed E-state index contributed by atoms with van der Waals surface area (Å²) in [6, 6.07) is 2.28. The highest BCUT2D eigenvalue weighted by Crippen LogP contribution is 2.20. The summed E-state index contributed by atoms with van der Waals surface area (Å²) in [5, 5.41) is 8.35. The number of aliphatic carboxylic acids is 1. The summed E-state index contributed by atoms with van der Waals surface area (Å²) in [6.07, 6.45) is 0. The largest absolute Gasteiger partial charge is 0.480 e. The van der Waals surface area contributed by atoms with Crippen molar-refractivity contribution in [2.45, 2.75) is 18.7 Å². The molecule has 8 heteroatoms. The van der Waals surface area contributed by atoms with Crippen molar-refractivity contribution in [1.29, 1.82) is 0 Å². The van der Waals surface area contributed by atoms with Crippen molar-refractivity contribution in [2.75, 3.05) is 19.8 Å². The van der Waals surface area contributed by atoms with Gasteiger partial charge in [0, 0.05) is 6.54 Å². The molecule has 0 fully saturated rings. The van der Waals surface area contributed by atoms with Gasteiger partial charge in [0.15, 0.2) is 0 Å². The third-order valence-electron chi connectivity index (χ3n) is 2.46. The molecule has 0 heterocycles. The van der Waals surface area contributed by atoms with E-state index in [2.05, 4.69) is 4.72 Å². The number of nitrogens with one attached hydrogen (secondary N) is 1. The van der Waals surface area contributed by atoms with Crippen LogP contribution in [0.5, 0.6) is 0 Å². The molecule has 0 aliphatic carbocycles. The van der Waals surface area contributed by atoms with Gasteiger partial charge in [0.05, 0.1) is 11.5 Å². The van der Waals surface area contributed by atoms with Crippen LogP contribution in [0.15, 0.2) is 17.0 Å². The van der Waals surface area contributed by atoms with E-state index in [1.54, 1.807) is 0 Å². The van der Waals surface area contributed by atoms with Crippen LogP contribution in [-0.4, -0.2) is 39.3 Å². The number of hydrogen-bond donors (Lipinski definition) is 2. The van der Waals surface area contributed by atoms with E-state index in [0.717, 1.165) is 12.1 Å². The second-order valence-corrected chi connectivity index (χ2v) is 5.92. The normalized spacial score (nSPS) is 11.6. The zero-order valence-electron chi connectivity index (χ0n) is 11.1. The minimum atomic E-state index is -3.78. The molecule has 0 aliphatic heterocycles. The molecule has 1 aromatic carbocycles. The lowest BCUT2D eigenvalue weighted by atomic mass is 10.1. The third-order valence-corrected chi connectivity index (χ3v) is 4.22. The molecule has 0 saturated heterocycles. The molecule has 0 radical (unpaired) electrons. The Balaban J connectivity index is 2.73. The molecule has 0 saturated carbocycles. The summed E-state index contributed by atoms with van der Waals surface area (Å²) in [5.41, 5.74) is 0.614. The Labute approximate surface area is 116 Å². The van der Waals surface area contributed by atoms with Crippen molar-refractivity contribution >= 4 is 16.0 Å². The molecule has 0 unspecified atom stereocenters. The molecule has 0 atom stereocenters. The van der Waals surface area contributed by atoms with E-state index in [1.807, 2.05) is 0 Å². The minimum absolute atomic E-state index is 0.0251. The summed E-state index contributed by atoms with van der Waals surface area (Å²) in [4.78, 5) is 10.2. The number of aryl methyl sites for hydroxylation is 2. The second kappa shape index (κ2) is 6.78. The van der Waals surface area contributed by atoms with Gasteiger partial charge < -0.3 is 9.84 Å². The maximum atomic E-state index is 13.1. The maximum absolute atomic E-state index is 13.1. The number of rotatable bonds is 7. The van der Waals surface area contributed by atoms with Crippen molar-refractivity contribution in [1.82, 2.24) is 4.72 Å². The third kappa shape index (κ3) is 4.55. The lowest BCUT2D eigenvalue weighted by Gasteiger charge is -2.12. The summed E-state index contributed by atoms with van der Waals surface area (Å²) >= 11 is 0. The van der Waals surface area contributed by atoms with Gasteiger partial charge in [-0.15, -0.1) is 0 Å². The van der Waals surface area contributed by atoms with Gasteiger partial charge in [-0.2, -0.15) is 0 Å². The fraction of sp³-hybridized carbons (Fsp3) is 0.417. The molecule has 0 amide bonds. The van der Waals surface area contributed by atoms with Gasteiger partial charge in [0.2, 0.25) is 10.0 Å². The van der Waals surface area contributed by atoms with Crippen LogP contribution < -0.4 is 4.72 Å². The molecule has 0 aromatic heterocycles. The highest BCUT2D eigenvalue weighted by molar-refractivity contribution is 7.89. The lowest BCUT2D eigenvalue weighted by Crippen LogP contribution is -2.29. The topological polar surface area (TPSA) is 92.7 Å². The van der Waals surface area contributed by atoms with E-state index >= 15 is 0 Å². The molecular formula is C12H16FNO5S. The van der Waals surface area contributed by atoms with Crippen molar-refractivity contribution in [3.63, 3.8) is 0 Å². The first-order valence-electron chi connectivity index (χ1n) is 5.80. The summed E-state index contributed by atoms with van der Waals surface area (Å²) in [7, 11) is -3.78. The Morgan fingerprint density at radius 2 is 1.90 bits per heavy atom. The Hall–Kier alpha value is -1.51. The van der Waals surface area contributed by atoms with Crippen LogP contribution in [0, 0.1) is 19.7 Å². The molecule has 0 spiro atoms. The number of halogens is 1. The van der Waals surface area contributed by atoms with Crippen molar-refractivity contribution in [3.05, 3.63) is 29.1 Å². The Morgan fingerprint density at radius 3 is 2.40 bits per heavy atom. The van der Waals surface area contributed by atoms with Crippen LogP contribution >= 0.6 is 0 Å². The van der Waals surface area contributed by atoms with E-state index in [-0.39, 0.29) is 18.0 Å². The minimum Gasteiger partial charge on any atom is -0.480 e. The monoisotopic (exact) mass is 305 g/mol. The summed E-state index contributed by atoms with van der Waals surface area (Å²) in [5.74, 6) is -1.62. The molecule has 0 aliphatic rings. The van der Waals surface area contributed by atoms with Crippen LogP contribution in [0.25, 0.3) is 0 Å². The van der Waals surface area contributed by atoms with Crippen LogP contribution in [0.3, 0.4) is 0 Å². The van der Waals surface area contributed by atoms with Crippen LogP contribution in [-0.2, 0) is 19.6 Å². The first-order chi connectivity index (χ1) is 9.24. The smallest absolute Gasteiger partial charge is 0.329 e. The van der Waals surface area contributed by atoms with E-state index in [4.69, 9.17) is 9.84 Å². The molecule has 1 rings (SSSR count). The predicted octanol–water partition coefficient (Wildman–Crippen LogP) is 0.822. The summed E-state index contributed by atoms with van der Waals surface area (Å²) in [6.45, 7) is 2.39. The molecule has 1 aromatic rings. The average molecular weight is 305 g/mol. The Kier molecular flexibility index (Phi) is 5.61. The molecule has 6 nitrogen and oxygen atoms in total. The molecule has 20 heavy (non-hydrogen) atoms. The molecule has 2 N–H and O–H groups in total. The molecule has 112 valence electrons. The van der Waals surface area contributed by atoms with Crippen molar-refractivity contribution < 1.29 is 27.4 Å². The first kappa shape index (κ1) is 16.5. The number of sulfonamides is 1. The summed E-state index contributed by atoms with van der Waals surface area (Å²) < 4.78 is 44.3. The van der Waals surface area contributed by atoms with Gasteiger partial charge in [-0.25, -0.2) is 22.3 Å². The quantitative estimate of drug-likeness (QED) is 0.728. The van der Waals surface area contributed by atoms with Gasteiger partial charge in [-0.05, 0) is 37.1 Å². The number of hydrogen-bond acceptors (Lipinski definition) is 4. The SMILES string of the molecule is Cc1cc(F)cc(C)c1S(=O)(=O)NCCOCC(=O)O. The first-order valence-corrected chi connectivity index (χ1v) is 7.28. The van der Waals surface area contributed by atoms with Crippen molar-refractivity contribution in [3.8, 4) is 0 Å². The van der Waals surface area contributed by atoms with Gasteiger partial charge in [0.25, 0.3) is 0 Å². The molecular weight excluding hydrogens is 289 g/mol. The highest BCUT2D eigenvalue weighted by atomic mass is 32.2. The van der Waals surface area contributed by atoms with Gasteiger partial charge in [-0.3, -0.25) is 0 Å². The number of carboxylic acids is 1. The van der Waals surface area contributed by atoms with Crippen LogP contribution in [0.4, 0.5) is 4.39 Å². The van der Waals surface area contributed by atoms with Gasteiger partial charge >= 0.3 is 5.97 Å². The van der Waals surface area contributed by atoms with E-state index < -0.39 is 28.4 Å². The van der Waals surface area contributed by atoms with Crippen LogP contribution in [0.1, 0.15) is 11.1 Å². The zero-order chi connectivity index (χ0) is 15.3. The number of ether oxygens (including phenoxy) is 1. The van der Waals surface area contributed by atoms with Gasteiger partial charge in [-0.1, -0.05) is 0 Å². The standard InChI is InChI=1S/C12H16FNO5S/c1-8-5-10(13)6-9(2)12(8)20(17,18)14-3-4-19-7-11(15)16/h5-6,14H,3-4,7H2,1-2H3,(H,15,16). The lowest BCUT2D eigenvalue weighted by molar-refractivity contribution is -0.142. The number of benzene rings is 1. The molecule has 0 bridgehead atoms. The van der Waals surface area contributed by atoms with E-state index in [1.165, 1.54) is 13.8 Å². The van der Waals surface area contributed by atoms with Gasteiger partial charge in [0.1, 0.15) is 12.4 Å². The average Bonchev–Trinajstić information content (AvgIpc) is 2.25. The maximum Gasteiger partial charge on any atom is 0.329 e. The Bertz CT molecular complexity index is 577. The predicted molar refractivity (Wildman–Crippen MR) is 69.5 cm³/mol. The number of carbonyl (C=O) groups is 1. The van der Waals surface area contributed by atoms with Crippen LogP contribution in [0.2, 0.25) is 0 Å². The van der Waals surface area contributed by atoms with E-state index in [0.29, 0.717) is 11.1 Å². The second-order valence-electron chi connectivity index (χ2n) is 4.21. The van der Waals surface area contributed by atoms with E-state index in [9.17, 15) is 17.6 Å². The zero-order valence-corrected chi connectivity index (χ0v) is 12.0. The fourth-order valence-electron chi connectivity index (χ4n) is 1.80. The van der Waals surface area contributed by atoms with Crippen molar-refractivity contribution in [2.24, 2.45) is 0 Å². The number of carboxylic acid groups (broad SMARTS) is 1. The Morgan fingerprint density at radius 1 is 1.35 bits per heavy atom.